The van der Waals surface area contributed by atoms with Crippen LogP contribution in [-0.4, -0.2) is 28.6 Å². The molecule has 2 heterocycles. The van der Waals surface area contributed by atoms with E-state index < -0.39 is 0 Å². The van der Waals surface area contributed by atoms with Crippen molar-refractivity contribution in [3.63, 3.8) is 0 Å². The molecule has 0 unspecified atom stereocenters. The third kappa shape index (κ3) is 2.86. The summed E-state index contributed by atoms with van der Waals surface area (Å²) >= 11 is 8.37. The Balaban J connectivity index is 1.67. The van der Waals surface area contributed by atoms with E-state index in [9.17, 15) is 4.79 Å². The van der Waals surface area contributed by atoms with Gasteiger partial charge in [-0.1, -0.05) is 11.6 Å². The molecule has 1 aliphatic heterocycles. The molecule has 2 bridgehead atoms. The van der Waals surface area contributed by atoms with Crippen LogP contribution in [0, 0.1) is 11.8 Å². The van der Waals surface area contributed by atoms with Gasteiger partial charge in [-0.25, -0.2) is 0 Å². The van der Waals surface area contributed by atoms with Gasteiger partial charge in [0, 0.05) is 29.5 Å². The Labute approximate surface area is 143 Å². The van der Waals surface area contributed by atoms with E-state index in [4.69, 9.17) is 22.1 Å². The standard InChI is InChI=1S/C17H19ClN2O2S/c18-14-6-13-9(1-2-20-17(13)21)5-15(14)22-16-10-3-12(19)4-11(16)8-23-7-10/h1-2,5-6,10-12,16H,3-4,7-8,19H2,(H,20,21)/t10-,11+,12-,16-. The summed E-state index contributed by atoms with van der Waals surface area (Å²) in [6.45, 7) is 0. The first-order chi connectivity index (χ1) is 11.1. The van der Waals surface area contributed by atoms with Crippen molar-refractivity contribution in [2.45, 2.75) is 25.0 Å². The fourth-order valence-electron chi connectivity index (χ4n) is 3.84. The minimum atomic E-state index is -0.132. The summed E-state index contributed by atoms with van der Waals surface area (Å²) in [7, 11) is 0. The number of H-pyrrole nitrogens is 1. The van der Waals surface area contributed by atoms with Gasteiger partial charge in [0.2, 0.25) is 0 Å². The van der Waals surface area contributed by atoms with E-state index in [1.54, 1.807) is 12.3 Å². The van der Waals surface area contributed by atoms with Crippen molar-refractivity contribution in [2.24, 2.45) is 17.6 Å². The zero-order valence-electron chi connectivity index (χ0n) is 12.6. The summed E-state index contributed by atoms with van der Waals surface area (Å²) < 4.78 is 6.34. The van der Waals surface area contributed by atoms with Crippen LogP contribution in [-0.2, 0) is 0 Å². The quantitative estimate of drug-likeness (QED) is 0.873. The summed E-state index contributed by atoms with van der Waals surface area (Å²) in [4.78, 5) is 14.5. The largest absolute Gasteiger partial charge is 0.488 e. The molecule has 2 aliphatic rings. The lowest BCUT2D eigenvalue weighted by molar-refractivity contribution is 0.0469. The Morgan fingerprint density at radius 2 is 2.00 bits per heavy atom. The molecule has 6 heteroatoms. The predicted octanol–water partition coefficient (Wildman–Crippen LogP) is 3.03. The van der Waals surface area contributed by atoms with E-state index in [1.165, 1.54) is 0 Å². The smallest absolute Gasteiger partial charge is 0.255 e. The summed E-state index contributed by atoms with van der Waals surface area (Å²) in [5.74, 6) is 3.83. The van der Waals surface area contributed by atoms with E-state index in [0.717, 1.165) is 29.7 Å². The fourth-order valence-corrected chi connectivity index (χ4v) is 5.44. The van der Waals surface area contributed by atoms with Crippen LogP contribution >= 0.6 is 23.4 Å². The average Bonchev–Trinajstić information content (AvgIpc) is 2.50. The number of hydrogen-bond donors (Lipinski definition) is 2. The van der Waals surface area contributed by atoms with Gasteiger partial charge in [-0.05, 0) is 47.9 Å². The number of halogens is 1. The Bertz CT molecular complexity index is 780. The zero-order chi connectivity index (χ0) is 16.0. The van der Waals surface area contributed by atoms with E-state index >= 15 is 0 Å². The maximum atomic E-state index is 11.9. The molecule has 1 saturated heterocycles. The highest BCUT2D eigenvalue weighted by atomic mass is 35.5. The molecule has 4 atom stereocenters. The van der Waals surface area contributed by atoms with Crippen molar-refractivity contribution in [3.8, 4) is 5.75 Å². The van der Waals surface area contributed by atoms with Gasteiger partial charge in [0.1, 0.15) is 11.9 Å². The van der Waals surface area contributed by atoms with E-state index in [-0.39, 0.29) is 17.7 Å². The molecule has 3 N–H and O–H groups in total. The molecule has 4 nitrogen and oxygen atoms in total. The SMILES string of the molecule is N[C@H]1C[C@H]2CSC[C@@H](C1)[C@H]2Oc1cc2cc[nH]c(=O)c2cc1Cl. The number of ether oxygens (including phenoxy) is 1. The number of rotatable bonds is 2. The average molecular weight is 351 g/mol. The second-order valence-corrected chi connectivity index (χ2v) is 8.03. The summed E-state index contributed by atoms with van der Waals surface area (Å²) in [6, 6.07) is 5.73. The van der Waals surface area contributed by atoms with Gasteiger partial charge in [0.05, 0.1) is 5.02 Å². The van der Waals surface area contributed by atoms with Crippen molar-refractivity contribution >= 4 is 34.1 Å². The lowest BCUT2D eigenvalue weighted by Crippen LogP contribution is -2.50. The van der Waals surface area contributed by atoms with Crippen molar-refractivity contribution in [2.75, 3.05) is 11.5 Å². The first-order valence-corrected chi connectivity index (χ1v) is 9.46. The van der Waals surface area contributed by atoms with Crippen LogP contribution in [0.4, 0.5) is 0 Å². The van der Waals surface area contributed by atoms with Gasteiger partial charge < -0.3 is 15.5 Å². The van der Waals surface area contributed by atoms with Gasteiger partial charge in [0.15, 0.2) is 0 Å². The van der Waals surface area contributed by atoms with Gasteiger partial charge in [-0.15, -0.1) is 0 Å². The highest BCUT2D eigenvalue weighted by molar-refractivity contribution is 7.99. The topological polar surface area (TPSA) is 68.1 Å². The number of aromatic nitrogens is 1. The molecule has 0 spiro atoms. The van der Waals surface area contributed by atoms with Crippen molar-refractivity contribution < 1.29 is 4.74 Å². The molecule has 23 heavy (non-hydrogen) atoms. The molecular weight excluding hydrogens is 332 g/mol. The lowest BCUT2D eigenvalue weighted by Gasteiger charge is -2.44. The molecule has 1 aliphatic carbocycles. The molecule has 0 radical (unpaired) electrons. The van der Waals surface area contributed by atoms with E-state index in [2.05, 4.69) is 4.98 Å². The first-order valence-electron chi connectivity index (χ1n) is 7.93. The number of fused-ring (bicyclic) bond motifs is 3. The number of nitrogens with two attached hydrogens (primary N) is 1. The van der Waals surface area contributed by atoms with Gasteiger partial charge in [-0.3, -0.25) is 4.79 Å². The highest BCUT2D eigenvalue weighted by Crippen LogP contribution is 2.41. The third-order valence-corrected chi connectivity index (χ3v) is 6.52. The van der Waals surface area contributed by atoms with Crippen LogP contribution in [0.5, 0.6) is 5.75 Å². The molecule has 1 saturated carbocycles. The van der Waals surface area contributed by atoms with Crippen LogP contribution in [0.2, 0.25) is 5.02 Å². The fraction of sp³-hybridized carbons (Fsp3) is 0.471. The maximum absolute atomic E-state index is 11.9. The maximum Gasteiger partial charge on any atom is 0.255 e. The molecule has 2 fully saturated rings. The third-order valence-electron chi connectivity index (χ3n) is 4.89. The van der Waals surface area contributed by atoms with Crippen molar-refractivity contribution in [1.82, 2.24) is 4.98 Å². The van der Waals surface area contributed by atoms with E-state index in [0.29, 0.717) is 28.0 Å². The first kappa shape index (κ1) is 15.4. The molecule has 4 rings (SSSR count). The van der Waals surface area contributed by atoms with Crippen LogP contribution in [0.1, 0.15) is 12.8 Å². The van der Waals surface area contributed by atoms with Crippen LogP contribution in [0.25, 0.3) is 10.8 Å². The summed E-state index contributed by atoms with van der Waals surface area (Å²) in [6.07, 6.45) is 3.85. The lowest BCUT2D eigenvalue weighted by atomic mass is 9.77. The monoisotopic (exact) mass is 350 g/mol. The van der Waals surface area contributed by atoms with Crippen LogP contribution < -0.4 is 16.0 Å². The number of benzene rings is 1. The van der Waals surface area contributed by atoms with Crippen molar-refractivity contribution in [1.29, 1.82) is 0 Å². The van der Waals surface area contributed by atoms with E-state index in [1.807, 2.05) is 23.9 Å². The zero-order valence-corrected chi connectivity index (χ0v) is 14.2. The number of aromatic amines is 1. The van der Waals surface area contributed by atoms with Gasteiger partial charge in [0.25, 0.3) is 5.56 Å². The van der Waals surface area contributed by atoms with Gasteiger partial charge >= 0.3 is 0 Å². The van der Waals surface area contributed by atoms with Crippen molar-refractivity contribution in [3.05, 3.63) is 39.8 Å². The van der Waals surface area contributed by atoms with Crippen LogP contribution in [0.3, 0.4) is 0 Å². The number of nitrogens with one attached hydrogen (secondary N) is 1. The minimum absolute atomic E-state index is 0.132. The minimum Gasteiger partial charge on any atom is -0.488 e. The molecule has 2 aromatic rings. The van der Waals surface area contributed by atoms with Gasteiger partial charge in [-0.2, -0.15) is 11.8 Å². The molecule has 1 aromatic heterocycles. The highest BCUT2D eigenvalue weighted by Gasteiger charge is 2.41. The molecule has 0 amide bonds. The molecular formula is C17H19ClN2O2S. The Morgan fingerprint density at radius 1 is 1.26 bits per heavy atom. The van der Waals surface area contributed by atoms with Crippen LogP contribution in [0.15, 0.2) is 29.2 Å². The second-order valence-electron chi connectivity index (χ2n) is 6.55. The normalized spacial score (nSPS) is 30.3. The summed E-state index contributed by atoms with van der Waals surface area (Å²) in [5.41, 5.74) is 6.04. The number of hydrogen-bond acceptors (Lipinski definition) is 4. The summed E-state index contributed by atoms with van der Waals surface area (Å²) in [5, 5.41) is 1.93. The number of thioether (sulfide) groups is 1. The number of pyridine rings is 1. The Hall–Kier alpha value is -1.17. The Morgan fingerprint density at radius 3 is 2.74 bits per heavy atom. The molecule has 122 valence electrons. The molecule has 1 aromatic carbocycles. The Kier molecular flexibility index (Phi) is 4.03. The predicted molar refractivity (Wildman–Crippen MR) is 95.5 cm³/mol. The second kappa shape index (κ2) is 6.04.